The van der Waals surface area contributed by atoms with Gasteiger partial charge in [0.1, 0.15) is 5.75 Å². The molecular formula is C14H23NO2S. The van der Waals surface area contributed by atoms with Crippen LogP contribution in [-0.4, -0.2) is 30.2 Å². The van der Waals surface area contributed by atoms with Gasteiger partial charge in [0.25, 0.3) is 0 Å². The molecule has 1 atom stereocenters. The van der Waals surface area contributed by atoms with Crippen molar-refractivity contribution in [1.29, 1.82) is 0 Å². The summed E-state index contributed by atoms with van der Waals surface area (Å²) in [5.41, 5.74) is 0. The second-order valence-electron chi connectivity index (χ2n) is 4.68. The lowest BCUT2D eigenvalue weighted by molar-refractivity contribution is 0.413. The van der Waals surface area contributed by atoms with E-state index in [2.05, 4.69) is 19.2 Å². The van der Waals surface area contributed by atoms with Crippen molar-refractivity contribution < 1.29 is 8.95 Å². The maximum absolute atomic E-state index is 12.0. The predicted molar refractivity (Wildman–Crippen MR) is 76.6 cm³/mol. The fourth-order valence-corrected chi connectivity index (χ4v) is 2.70. The average Bonchev–Trinajstić information content (AvgIpc) is 2.37. The highest BCUT2D eigenvalue weighted by Gasteiger charge is 2.04. The molecule has 1 N–H and O–H groups in total. The fourth-order valence-electron chi connectivity index (χ4n) is 1.58. The number of hydrogen-bond donors (Lipinski definition) is 1. The van der Waals surface area contributed by atoms with E-state index in [1.165, 1.54) is 0 Å². The minimum atomic E-state index is -0.929. The van der Waals surface area contributed by atoms with Gasteiger partial charge in [0, 0.05) is 10.6 Å². The second kappa shape index (κ2) is 8.27. The van der Waals surface area contributed by atoms with E-state index in [0.29, 0.717) is 11.7 Å². The third kappa shape index (κ3) is 5.65. The summed E-state index contributed by atoms with van der Waals surface area (Å²) in [6.07, 6.45) is 0.927. The van der Waals surface area contributed by atoms with Crippen molar-refractivity contribution in [3.8, 4) is 5.75 Å². The molecule has 1 aromatic rings. The van der Waals surface area contributed by atoms with Crippen molar-refractivity contribution in [3.63, 3.8) is 0 Å². The lowest BCUT2D eigenvalue weighted by Gasteiger charge is -2.07. The van der Waals surface area contributed by atoms with Crippen LogP contribution in [0.5, 0.6) is 5.75 Å². The molecule has 0 saturated carbocycles. The van der Waals surface area contributed by atoms with Gasteiger partial charge in [0.15, 0.2) is 0 Å². The van der Waals surface area contributed by atoms with E-state index in [-0.39, 0.29) is 0 Å². The zero-order valence-electron chi connectivity index (χ0n) is 11.4. The highest BCUT2D eigenvalue weighted by molar-refractivity contribution is 7.85. The van der Waals surface area contributed by atoms with Crippen molar-refractivity contribution in [2.45, 2.75) is 25.2 Å². The van der Waals surface area contributed by atoms with Gasteiger partial charge in [0.05, 0.1) is 17.9 Å². The Morgan fingerprint density at radius 1 is 1.39 bits per heavy atom. The van der Waals surface area contributed by atoms with Crippen molar-refractivity contribution in [2.24, 2.45) is 5.92 Å². The maximum atomic E-state index is 12.0. The SMILES string of the molecule is COc1cccc(S(=O)CCCNCC(C)C)c1. The average molecular weight is 269 g/mol. The first-order valence-electron chi connectivity index (χ1n) is 6.36. The van der Waals surface area contributed by atoms with Crippen molar-refractivity contribution in [2.75, 3.05) is 26.0 Å². The van der Waals surface area contributed by atoms with Crippen LogP contribution in [0.3, 0.4) is 0 Å². The normalized spacial score (nSPS) is 12.7. The van der Waals surface area contributed by atoms with Gasteiger partial charge in [-0.1, -0.05) is 19.9 Å². The molecule has 0 heterocycles. The molecule has 0 saturated heterocycles. The number of nitrogens with one attached hydrogen (secondary N) is 1. The smallest absolute Gasteiger partial charge is 0.120 e. The molecule has 3 nitrogen and oxygen atoms in total. The Hall–Kier alpha value is -0.870. The highest BCUT2D eigenvalue weighted by atomic mass is 32.2. The van der Waals surface area contributed by atoms with Gasteiger partial charge < -0.3 is 10.1 Å². The lowest BCUT2D eigenvalue weighted by Crippen LogP contribution is -2.21. The van der Waals surface area contributed by atoms with E-state index in [9.17, 15) is 4.21 Å². The molecular weight excluding hydrogens is 246 g/mol. The molecule has 0 aromatic heterocycles. The lowest BCUT2D eigenvalue weighted by atomic mass is 10.2. The molecule has 4 heteroatoms. The molecule has 0 aliphatic heterocycles. The van der Waals surface area contributed by atoms with Crippen LogP contribution in [0, 0.1) is 5.92 Å². The zero-order valence-corrected chi connectivity index (χ0v) is 12.3. The van der Waals surface area contributed by atoms with E-state index in [4.69, 9.17) is 4.74 Å². The Kier molecular flexibility index (Phi) is 6.98. The van der Waals surface area contributed by atoms with Crippen LogP contribution in [-0.2, 0) is 10.8 Å². The molecule has 1 rings (SSSR count). The van der Waals surface area contributed by atoms with Gasteiger partial charge in [-0.05, 0) is 43.6 Å². The quantitative estimate of drug-likeness (QED) is 0.737. The van der Waals surface area contributed by atoms with Gasteiger partial charge in [0.2, 0.25) is 0 Å². The molecule has 0 spiro atoms. The highest BCUT2D eigenvalue weighted by Crippen LogP contribution is 2.16. The van der Waals surface area contributed by atoms with E-state index in [1.54, 1.807) is 7.11 Å². The first-order valence-corrected chi connectivity index (χ1v) is 7.68. The number of rotatable bonds is 8. The van der Waals surface area contributed by atoms with Crippen LogP contribution in [0.15, 0.2) is 29.2 Å². The van der Waals surface area contributed by atoms with Crippen molar-refractivity contribution >= 4 is 10.8 Å². The van der Waals surface area contributed by atoms with Crippen LogP contribution in [0.2, 0.25) is 0 Å². The minimum Gasteiger partial charge on any atom is -0.497 e. The Labute approximate surface area is 112 Å². The molecule has 0 fully saturated rings. The van der Waals surface area contributed by atoms with Crippen LogP contribution >= 0.6 is 0 Å². The third-order valence-electron chi connectivity index (χ3n) is 2.54. The first kappa shape index (κ1) is 15.2. The monoisotopic (exact) mass is 269 g/mol. The molecule has 1 aromatic carbocycles. The summed E-state index contributed by atoms with van der Waals surface area (Å²) in [6.45, 7) is 6.31. The predicted octanol–water partition coefficient (Wildman–Crippen LogP) is 2.44. The van der Waals surface area contributed by atoms with Crippen LogP contribution in [0.4, 0.5) is 0 Å². The van der Waals surface area contributed by atoms with Gasteiger partial charge in [-0.15, -0.1) is 0 Å². The summed E-state index contributed by atoms with van der Waals surface area (Å²) >= 11 is 0. The van der Waals surface area contributed by atoms with E-state index >= 15 is 0 Å². The number of ether oxygens (including phenoxy) is 1. The van der Waals surface area contributed by atoms with Crippen LogP contribution in [0.25, 0.3) is 0 Å². The Morgan fingerprint density at radius 3 is 2.83 bits per heavy atom. The molecule has 0 radical (unpaired) electrons. The summed E-state index contributed by atoms with van der Waals surface area (Å²) in [4.78, 5) is 0.846. The summed E-state index contributed by atoms with van der Waals surface area (Å²) < 4.78 is 17.2. The summed E-state index contributed by atoms with van der Waals surface area (Å²) in [6, 6.07) is 7.48. The van der Waals surface area contributed by atoms with Gasteiger partial charge >= 0.3 is 0 Å². The molecule has 0 amide bonds. The topological polar surface area (TPSA) is 38.3 Å². The summed E-state index contributed by atoms with van der Waals surface area (Å²) in [5, 5.41) is 3.36. The summed E-state index contributed by atoms with van der Waals surface area (Å²) in [7, 11) is 0.693. The molecule has 0 bridgehead atoms. The Bertz CT molecular complexity index is 380. The molecule has 0 aliphatic rings. The minimum absolute atomic E-state index is 0.661. The van der Waals surface area contributed by atoms with Crippen molar-refractivity contribution in [1.82, 2.24) is 5.32 Å². The van der Waals surface area contributed by atoms with Crippen LogP contribution < -0.4 is 10.1 Å². The van der Waals surface area contributed by atoms with Crippen LogP contribution in [0.1, 0.15) is 20.3 Å². The number of benzene rings is 1. The van der Waals surface area contributed by atoms with Gasteiger partial charge in [-0.2, -0.15) is 0 Å². The zero-order chi connectivity index (χ0) is 13.4. The summed E-state index contributed by atoms with van der Waals surface area (Å²) in [5.74, 6) is 2.12. The molecule has 0 aliphatic carbocycles. The fraction of sp³-hybridized carbons (Fsp3) is 0.571. The molecule has 102 valence electrons. The van der Waals surface area contributed by atoms with Gasteiger partial charge in [-0.3, -0.25) is 4.21 Å². The first-order chi connectivity index (χ1) is 8.63. The largest absolute Gasteiger partial charge is 0.497 e. The standard InChI is InChI=1S/C14H23NO2S/c1-12(2)11-15-8-5-9-18(16)14-7-4-6-13(10-14)17-3/h4,6-7,10,12,15H,5,8-9,11H2,1-3H3. The van der Waals surface area contributed by atoms with E-state index < -0.39 is 10.8 Å². The number of hydrogen-bond acceptors (Lipinski definition) is 3. The van der Waals surface area contributed by atoms with Crippen molar-refractivity contribution in [3.05, 3.63) is 24.3 Å². The Morgan fingerprint density at radius 2 is 2.17 bits per heavy atom. The number of methoxy groups -OCH3 is 1. The van der Waals surface area contributed by atoms with E-state index in [0.717, 1.165) is 30.2 Å². The third-order valence-corrected chi connectivity index (χ3v) is 3.98. The van der Waals surface area contributed by atoms with Gasteiger partial charge in [-0.25, -0.2) is 0 Å². The van der Waals surface area contributed by atoms with E-state index in [1.807, 2.05) is 24.3 Å². The molecule has 18 heavy (non-hydrogen) atoms. The Balaban J connectivity index is 2.31. The maximum Gasteiger partial charge on any atom is 0.120 e. The molecule has 1 unspecified atom stereocenters. The second-order valence-corrected chi connectivity index (χ2v) is 6.25.